The minimum absolute atomic E-state index is 0.101. The third kappa shape index (κ3) is 4.14. The Hall–Kier alpha value is -2.18. The third-order valence-electron chi connectivity index (χ3n) is 5.08. The first-order valence-corrected chi connectivity index (χ1v) is 8.90. The molecule has 1 aliphatic heterocycles. The lowest BCUT2D eigenvalue weighted by Gasteiger charge is -2.37. The Labute approximate surface area is 154 Å². The summed E-state index contributed by atoms with van der Waals surface area (Å²) < 4.78 is 18.3. The van der Waals surface area contributed by atoms with Gasteiger partial charge in [-0.25, -0.2) is 4.39 Å². The zero-order valence-corrected chi connectivity index (χ0v) is 15.7. The van der Waals surface area contributed by atoms with Crippen LogP contribution in [-0.2, 0) is 19.1 Å². The van der Waals surface area contributed by atoms with Crippen molar-refractivity contribution in [2.24, 2.45) is 17.8 Å². The highest BCUT2D eigenvalue weighted by Crippen LogP contribution is 2.40. The highest BCUT2D eigenvalue weighted by molar-refractivity contribution is 6.15. The van der Waals surface area contributed by atoms with E-state index in [0.717, 1.165) is 6.42 Å². The molecule has 26 heavy (non-hydrogen) atoms. The van der Waals surface area contributed by atoms with Gasteiger partial charge in [0.1, 0.15) is 17.5 Å². The van der Waals surface area contributed by atoms with Gasteiger partial charge < -0.3 is 9.55 Å². The van der Waals surface area contributed by atoms with Gasteiger partial charge in [-0.3, -0.25) is 14.4 Å². The lowest BCUT2D eigenvalue weighted by molar-refractivity contribution is -0.153. The minimum atomic E-state index is -1.09. The van der Waals surface area contributed by atoms with Crippen molar-refractivity contribution in [3.05, 3.63) is 35.6 Å². The van der Waals surface area contributed by atoms with E-state index in [-0.39, 0.29) is 11.7 Å². The zero-order valence-electron chi connectivity index (χ0n) is 15.7. The Morgan fingerprint density at radius 2 is 1.88 bits per heavy atom. The quantitative estimate of drug-likeness (QED) is 0.440. The van der Waals surface area contributed by atoms with Crippen LogP contribution in [-0.4, -0.2) is 44.1 Å². The molecule has 1 aliphatic rings. The van der Waals surface area contributed by atoms with Crippen LogP contribution in [0.4, 0.5) is 4.39 Å². The maximum Gasteiger partial charge on any atom is 0.316 e. The molecule has 3 atom stereocenters. The van der Waals surface area contributed by atoms with Crippen molar-refractivity contribution in [3.63, 3.8) is 0 Å². The number of methoxy groups -OCH3 is 1. The van der Waals surface area contributed by atoms with E-state index in [9.17, 15) is 18.8 Å². The van der Waals surface area contributed by atoms with Gasteiger partial charge in [-0.1, -0.05) is 26.0 Å². The summed E-state index contributed by atoms with van der Waals surface area (Å²) in [4.78, 5) is 39.8. The molecule has 2 rings (SSSR count). The zero-order chi connectivity index (χ0) is 19.4. The molecule has 1 heterocycles. The van der Waals surface area contributed by atoms with Crippen LogP contribution in [0.1, 0.15) is 38.2 Å². The molecule has 0 aromatic heterocycles. The fourth-order valence-electron chi connectivity index (χ4n) is 3.67. The first-order valence-electron chi connectivity index (χ1n) is 8.90. The molecule has 0 N–H and O–H groups in total. The Bertz CT molecular complexity index is 677. The number of benzene rings is 1. The van der Waals surface area contributed by atoms with Crippen LogP contribution in [0.5, 0.6) is 0 Å². The Morgan fingerprint density at radius 3 is 2.42 bits per heavy atom. The number of nitrogens with zero attached hydrogens (tertiary/aromatic N) is 1. The monoisotopic (exact) mass is 361 g/mol. The number of carbonyl (C=O) groups excluding carboxylic acids is 3. The predicted octanol–water partition coefficient (Wildman–Crippen LogP) is 1.71. The number of ether oxygens (including phenoxy) is 1. The molecule has 0 bridgehead atoms. The normalized spacial score (nSPS) is 20.0. The summed E-state index contributed by atoms with van der Waals surface area (Å²) in [6.07, 6.45) is 1.36. The van der Waals surface area contributed by atoms with E-state index >= 15 is 0 Å². The van der Waals surface area contributed by atoms with E-state index in [0.29, 0.717) is 18.5 Å². The van der Waals surface area contributed by atoms with Gasteiger partial charge in [-0.2, -0.15) is 0 Å². The number of hydrogen-bond donors (Lipinski definition) is 0. The van der Waals surface area contributed by atoms with Crippen molar-refractivity contribution in [1.29, 1.82) is 0 Å². The molecule has 1 aromatic rings. The number of hydrogen-bond acceptors (Lipinski definition) is 4. The largest absolute Gasteiger partial charge is 0.468 e. The summed E-state index contributed by atoms with van der Waals surface area (Å²) >= 11 is 0. The summed E-state index contributed by atoms with van der Waals surface area (Å²) in [6.45, 7) is 4.08. The van der Waals surface area contributed by atoms with Crippen LogP contribution < -0.4 is 0 Å². The lowest BCUT2D eigenvalue weighted by atomic mass is 9.70. The summed E-state index contributed by atoms with van der Waals surface area (Å²) in [7, 11) is 2.95. The first-order chi connectivity index (χ1) is 12.3. The van der Waals surface area contributed by atoms with Crippen LogP contribution in [0, 0.1) is 23.6 Å². The van der Waals surface area contributed by atoms with Gasteiger partial charge in [0, 0.05) is 24.3 Å². The molecule has 1 aromatic carbocycles. The van der Waals surface area contributed by atoms with Gasteiger partial charge in [0.05, 0.1) is 7.11 Å². The second-order valence-corrected chi connectivity index (χ2v) is 7.14. The molecule has 5 nitrogen and oxygen atoms in total. The van der Waals surface area contributed by atoms with E-state index in [1.165, 1.54) is 19.2 Å². The van der Waals surface area contributed by atoms with Crippen molar-refractivity contribution in [2.75, 3.05) is 13.7 Å². The number of ketones is 1. The molecule has 1 fully saturated rings. The molecule has 140 valence electrons. The SMILES string of the molecule is BN1CCCC(C(c2ccc(F)cc2)C(C(=O)OC)C(=O)C(C)C)C1=O. The van der Waals surface area contributed by atoms with E-state index in [1.54, 1.807) is 38.8 Å². The molecule has 0 spiro atoms. The van der Waals surface area contributed by atoms with Gasteiger partial charge >= 0.3 is 5.97 Å². The maximum absolute atomic E-state index is 13.4. The summed E-state index contributed by atoms with van der Waals surface area (Å²) in [6, 6.07) is 5.66. The molecular formula is C19H25BFNO4. The smallest absolute Gasteiger partial charge is 0.316 e. The van der Waals surface area contributed by atoms with Gasteiger partial charge in [0.2, 0.25) is 13.9 Å². The molecule has 3 unspecified atom stereocenters. The number of piperidine rings is 1. The minimum Gasteiger partial charge on any atom is -0.468 e. The molecule has 1 saturated heterocycles. The average Bonchev–Trinajstić information content (AvgIpc) is 2.62. The van der Waals surface area contributed by atoms with E-state index < -0.39 is 35.5 Å². The van der Waals surface area contributed by atoms with Gasteiger partial charge in [-0.05, 0) is 30.5 Å². The molecular weight excluding hydrogens is 336 g/mol. The van der Waals surface area contributed by atoms with E-state index in [2.05, 4.69) is 0 Å². The second kappa shape index (κ2) is 8.47. The Balaban J connectivity index is 2.56. The van der Waals surface area contributed by atoms with E-state index in [1.807, 2.05) is 0 Å². The molecule has 0 saturated carbocycles. The molecule has 0 aliphatic carbocycles. The van der Waals surface area contributed by atoms with E-state index in [4.69, 9.17) is 4.74 Å². The van der Waals surface area contributed by atoms with Crippen molar-refractivity contribution in [1.82, 2.24) is 4.81 Å². The Morgan fingerprint density at radius 1 is 1.27 bits per heavy atom. The standard InChI is InChI=1S/C19H25BFNO4/c1-11(2)17(23)16(19(25)26-3)15(12-6-8-13(21)9-7-12)14-5-4-10-22(20)18(14)24/h6-9,11,14-16H,4-5,10,20H2,1-3H3. The highest BCUT2D eigenvalue weighted by Gasteiger charge is 2.45. The number of amides is 1. The van der Waals surface area contributed by atoms with Crippen LogP contribution in [0.2, 0.25) is 0 Å². The summed E-state index contributed by atoms with van der Waals surface area (Å²) in [5, 5.41) is 0. The van der Waals surface area contributed by atoms with Gasteiger partial charge in [0.25, 0.3) is 0 Å². The summed E-state index contributed by atoms with van der Waals surface area (Å²) in [5.41, 5.74) is 0.601. The van der Waals surface area contributed by atoms with Crippen molar-refractivity contribution >= 4 is 25.6 Å². The maximum atomic E-state index is 13.4. The lowest BCUT2D eigenvalue weighted by Crippen LogP contribution is -2.46. The number of rotatable bonds is 6. The molecule has 0 radical (unpaired) electrons. The predicted molar refractivity (Wildman–Crippen MR) is 97.5 cm³/mol. The summed E-state index contributed by atoms with van der Waals surface area (Å²) in [5.74, 6) is -4.12. The Kier molecular flexibility index (Phi) is 6.56. The van der Waals surface area contributed by atoms with Crippen molar-refractivity contribution in [3.8, 4) is 0 Å². The number of Topliss-reactive ketones (excluding diaryl/α,β-unsaturated/α-hetero) is 1. The van der Waals surface area contributed by atoms with Crippen molar-refractivity contribution < 1.29 is 23.5 Å². The average molecular weight is 361 g/mol. The fourth-order valence-corrected chi connectivity index (χ4v) is 3.67. The van der Waals surface area contributed by atoms with Gasteiger partial charge in [-0.15, -0.1) is 0 Å². The number of halogens is 1. The van der Waals surface area contributed by atoms with Crippen molar-refractivity contribution in [2.45, 2.75) is 32.6 Å². The third-order valence-corrected chi connectivity index (χ3v) is 5.08. The number of carbonyl (C=O) groups is 3. The van der Waals surface area contributed by atoms with Crippen LogP contribution in [0.3, 0.4) is 0 Å². The van der Waals surface area contributed by atoms with Crippen LogP contribution in [0.25, 0.3) is 0 Å². The second-order valence-electron chi connectivity index (χ2n) is 7.14. The van der Waals surface area contributed by atoms with Gasteiger partial charge in [0.15, 0.2) is 0 Å². The first kappa shape index (κ1) is 20.1. The van der Waals surface area contributed by atoms with Crippen LogP contribution >= 0.6 is 0 Å². The van der Waals surface area contributed by atoms with Crippen LogP contribution in [0.15, 0.2) is 24.3 Å². The highest BCUT2D eigenvalue weighted by atomic mass is 19.1. The molecule has 1 amide bonds. The topological polar surface area (TPSA) is 63.7 Å². The molecule has 7 heteroatoms. The fraction of sp³-hybridized carbons (Fsp3) is 0.526. The number of esters is 1.